The molecule has 0 aliphatic heterocycles. The topological polar surface area (TPSA) is 60.2 Å². The van der Waals surface area contributed by atoms with Crippen molar-refractivity contribution in [2.75, 3.05) is 13.7 Å². The van der Waals surface area contributed by atoms with E-state index < -0.39 is 0 Å². The molecule has 0 bridgehead atoms. The van der Waals surface area contributed by atoms with E-state index in [1.165, 1.54) is 5.56 Å². The number of pyridine rings is 1. The van der Waals surface area contributed by atoms with Crippen LogP contribution in [0.4, 0.5) is 0 Å². The monoisotopic (exact) mass is 195 g/mol. The van der Waals surface area contributed by atoms with Crippen molar-refractivity contribution in [1.29, 1.82) is 0 Å². The number of aryl methyl sites for hydroxylation is 1. The summed E-state index contributed by atoms with van der Waals surface area (Å²) >= 11 is 0. The van der Waals surface area contributed by atoms with Gasteiger partial charge in [-0.05, 0) is 23.6 Å². The summed E-state index contributed by atoms with van der Waals surface area (Å²) < 4.78 is 5.09. The van der Waals surface area contributed by atoms with Crippen LogP contribution in [0.1, 0.15) is 24.1 Å². The summed E-state index contributed by atoms with van der Waals surface area (Å²) in [6, 6.07) is 2.01. The largest absolute Gasteiger partial charge is 0.383 e. The Bertz CT molecular complexity index is 278. The van der Waals surface area contributed by atoms with E-state index in [0.29, 0.717) is 6.61 Å². The van der Waals surface area contributed by atoms with Crippen molar-refractivity contribution >= 4 is 0 Å². The Kier molecular flexibility index (Phi) is 4.52. The summed E-state index contributed by atoms with van der Waals surface area (Å²) in [6.07, 6.45) is 4.59. The molecule has 1 heterocycles. The van der Waals surface area contributed by atoms with Crippen molar-refractivity contribution in [3.8, 4) is 0 Å². The van der Waals surface area contributed by atoms with Crippen molar-refractivity contribution in [1.82, 2.24) is 10.4 Å². The van der Waals surface area contributed by atoms with E-state index in [2.05, 4.69) is 17.3 Å². The zero-order chi connectivity index (χ0) is 10.4. The molecule has 0 radical (unpaired) electrons. The number of nitrogens with one attached hydrogen (secondary N) is 1. The second-order valence-electron chi connectivity index (χ2n) is 3.10. The molecule has 78 valence electrons. The van der Waals surface area contributed by atoms with Gasteiger partial charge in [0.05, 0.1) is 12.6 Å². The van der Waals surface area contributed by atoms with Crippen LogP contribution >= 0.6 is 0 Å². The van der Waals surface area contributed by atoms with E-state index in [4.69, 9.17) is 10.6 Å². The Hall–Kier alpha value is -0.970. The van der Waals surface area contributed by atoms with Crippen LogP contribution in [0.2, 0.25) is 0 Å². The van der Waals surface area contributed by atoms with Gasteiger partial charge in [0.2, 0.25) is 0 Å². The molecule has 0 saturated carbocycles. The first-order valence-electron chi connectivity index (χ1n) is 4.71. The number of hydrogen-bond acceptors (Lipinski definition) is 4. The van der Waals surface area contributed by atoms with Gasteiger partial charge in [-0.15, -0.1) is 0 Å². The average Bonchev–Trinajstić information content (AvgIpc) is 2.26. The first kappa shape index (κ1) is 11.1. The predicted molar refractivity (Wildman–Crippen MR) is 55.6 cm³/mol. The second kappa shape index (κ2) is 5.70. The summed E-state index contributed by atoms with van der Waals surface area (Å²) in [5.74, 6) is 5.46. The van der Waals surface area contributed by atoms with Crippen LogP contribution in [0.25, 0.3) is 0 Å². The number of nitrogens with zero attached hydrogens (tertiary/aromatic N) is 1. The number of aromatic nitrogens is 1. The number of ether oxygens (including phenoxy) is 1. The van der Waals surface area contributed by atoms with E-state index in [9.17, 15) is 0 Å². The van der Waals surface area contributed by atoms with Gasteiger partial charge >= 0.3 is 0 Å². The second-order valence-corrected chi connectivity index (χ2v) is 3.10. The van der Waals surface area contributed by atoms with Crippen LogP contribution < -0.4 is 11.3 Å². The molecule has 1 unspecified atom stereocenters. The normalized spacial score (nSPS) is 12.8. The van der Waals surface area contributed by atoms with Gasteiger partial charge in [0.15, 0.2) is 0 Å². The molecule has 4 heteroatoms. The maximum atomic E-state index is 5.46. The minimum atomic E-state index is 0.0398. The lowest BCUT2D eigenvalue weighted by atomic mass is 10.0. The van der Waals surface area contributed by atoms with Crippen LogP contribution in [-0.4, -0.2) is 18.7 Å². The van der Waals surface area contributed by atoms with Crippen molar-refractivity contribution in [3.63, 3.8) is 0 Å². The molecule has 0 spiro atoms. The Morgan fingerprint density at radius 1 is 1.64 bits per heavy atom. The Balaban J connectivity index is 2.90. The van der Waals surface area contributed by atoms with Crippen molar-refractivity contribution in [3.05, 3.63) is 29.6 Å². The van der Waals surface area contributed by atoms with E-state index in [0.717, 1.165) is 12.0 Å². The zero-order valence-electron chi connectivity index (χ0n) is 8.66. The highest BCUT2D eigenvalue weighted by molar-refractivity contribution is 5.26. The summed E-state index contributed by atoms with van der Waals surface area (Å²) in [5.41, 5.74) is 5.10. The molecule has 1 aromatic rings. The molecule has 0 saturated heterocycles. The lowest BCUT2D eigenvalue weighted by Gasteiger charge is -2.17. The number of hydrogen-bond donors (Lipinski definition) is 2. The highest BCUT2D eigenvalue weighted by Crippen LogP contribution is 2.16. The van der Waals surface area contributed by atoms with E-state index in [1.807, 2.05) is 12.3 Å². The maximum Gasteiger partial charge on any atom is 0.0697 e. The van der Waals surface area contributed by atoms with E-state index >= 15 is 0 Å². The van der Waals surface area contributed by atoms with Gasteiger partial charge in [-0.2, -0.15) is 0 Å². The minimum absolute atomic E-state index is 0.0398. The first-order chi connectivity index (χ1) is 6.83. The van der Waals surface area contributed by atoms with Gasteiger partial charge in [-0.1, -0.05) is 6.92 Å². The lowest BCUT2D eigenvalue weighted by Crippen LogP contribution is -2.31. The van der Waals surface area contributed by atoms with Gasteiger partial charge in [0, 0.05) is 19.5 Å². The predicted octanol–water partition coefficient (Wildman–Crippen LogP) is 0.795. The first-order valence-corrected chi connectivity index (χ1v) is 4.71. The van der Waals surface area contributed by atoms with Crippen LogP contribution in [0.15, 0.2) is 18.5 Å². The molecule has 0 aliphatic rings. The SMILES string of the molecule is CCc1cnccc1C(COC)NN. The molecule has 1 rings (SSSR count). The summed E-state index contributed by atoms with van der Waals surface area (Å²) in [4.78, 5) is 4.08. The Labute approximate surface area is 84.4 Å². The number of methoxy groups -OCH3 is 1. The zero-order valence-corrected chi connectivity index (χ0v) is 8.66. The fraction of sp³-hybridized carbons (Fsp3) is 0.500. The molecule has 3 N–H and O–H groups in total. The average molecular weight is 195 g/mol. The Morgan fingerprint density at radius 3 is 3.00 bits per heavy atom. The van der Waals surface area contributed by atoms with Gasteiger partial charge < -0.3 is 4.74 Å². The smallest absolute Gasteiger partial charge is 0.0697 e. The highest BCUT2D eigenvalue weighted by Gasteiger charge is 2.12. The third-order valence-electron chi connectivity index (χ3n) is 2.23. The minimum Gasteiger partial charge on any atom is -0.383 e. The van der Waals surface area contributed by atoms with Crippen LogP contribution in [0.3, 0.4) is 0 Å². The van der Waals surface area contributed by atoms with Crippen molar-refractivity contribution < 1.29 is 4.74 Å². The van der Waals surface area contributed by atoms with E-state index in [1.54, 1.807) is 13.3 Å². The molecular weight excluding hydrogens is 178 g/mol. The molecule has 0 aliphatic carbocycles. The highest BCUT2D eigenvalue weighted by atomic mass is 16.5. The number of nitrogens with two attached hydrogens (primary N) is 1. The molecule has 0 amide bonds. The number of rotatable bonds is 5. The molecule has 0 fully saturated rings. The maximum absolute atomic E-state index is 5.46. The molecule has 14 heavy (non-hydrogen) atoms. The molecule has 0 aromatic carbocycles. The van der Waals surface area contributed by atoms with Gasteiger partial charge in [-0.3, -0.25) is 16.3 Å². The molecule has 1 atom stereocenters. The van der Waals surface area contributed by atoms with E-state index in [-0.39, 0.29) is 6.04 Å². The lowest BCUT2D eigenvalue weighted by molar-refractivity contribution is 0.167. The van der Waals surface area contributed by atoms with Gasteiger partial charge in [-0.25, -0.2) is 0 Å². The van der Waals surface area contributed by atoms with Crippen molar-refractivity contribution in [2.45, 2.75) is 19.4 Å². The fourth-order valence-corrected chi connectivity index (χ4v) is 1.47. The molecule has 4 nitrogen and oxygen atoms in total. The summed E-state index contributed by atoms with van der Waals surface area (Å²) in [6.45, 7) is 2.66. The number of hydrazine groups is 1. The van der Waals surface area contributed by atoms with Crippen LogP contribution in [-0.2, 0) is 11.2 Å². The summed E-state index contributed by atoms with van der Waals surface area (Å²) in [7, 11) is 1.66. The van der Waals surface area contributed by atoms with Crippen LogP contribution in [0.5, 0.6) is 0 Å². The van der Waals surface area contributed by atoms with Crippen molar-refractivity contribution in [2.24, 2.45) is 5.84 Å². The summed E-state index contributed by atoms with van der Waals surface area (Å²) in [5, 5.41) is 0. The Morgan fingerprint density at radius 2 is 2.43 bits per heavy atom. The van der Waals surface area contributed by atoms with Crippen LogP contribution in [0, 0.1) is 0 Å². The van der Waals surface area contributed by atoms with Gasteiger partial charge in [0.1, 0.15) is 0 Å². The standard InChI is InChI=1S/C10H17N3O/c1-3-8-6-12-5-4-9(8)10(13-11)7-14-2/h4-6,10,13H,3,7,11H2,1-2H3. The quantitative estimate of drug-likeness (QED) is 0.539. The fourth-order valence-electron chi connectivity index (χ4n) is 1.47. The third-order valence-corrected chi connectivity index (χ3v) is 2.23. The molecule has 1 aromatic heterocycles. The van der Waals surface area contributed by atoms with Gasteiger partial charge in [0.25, 0.3) is 0 Å². The third kappa shape index (κ3) is 2.51. The molecular formula is C10H17N3O.